The molecule has 0 rings (SSSR count). The Labute approximate surface area is 81.3 Å². The minimum atomic E-state index is -1.09. The van der Waals surface area contributed by atoms with Gasteiger partial charge in [-0.1, -0.05) is 0 Å². The summed E-state index contributed by atoms with van der Waals surface area (Å²) in [6.45, 7) is 0. The van der Waals surface area contributed by atoms with Gasteiger partial charge >= 0.3 is 5.97 Å². The molecule has 0 saturated heterocycles. The number of carbonyl (C=O) groups is 3. The zero-order chi connectivity index (χ0) is 11.0. The lowest BCUT2D eigenvalue weighted by molar-refractivity contribution is -0.257. The third kappa shape index (κ3) is 4.11. The minimum Gasteiger partial charge on any atom is -0.318 e. The maximum atomic E-state index is 11.0. The Balaban J connectivity index is 4.14. The molecule has 0 aromatic rings. The fourth-order valence-electron chi connectivity index (χ4n) is 0.905. The van der Waals surface area contributed by atoms with E-state index in [0.717, 1.165) is 7.11 Å². The van der Waals surface area contributed by atoms with Gasteiger partial charge in [0.05, 0.1) is 7.11 Å². The number of carbonyl (C=O) groups excluding carboxylic acids is 3. The van der Waals surface area contributed by atoms with Gasteiger partial charge in [-0.2, -0.15) is 4.89 Å². The molecule has 0 fully saturated rings. The molecule has 2 atom stereocenters. The molecule has 0 spiro atoms. The molecule has 2 unspecified atom stereocenters. The molecule has 0 aromatic carbocycles. The van der Waals surface area contributed by atoms with Crippen molar-refractivity contribution in [3.05, 3.63) is 0 Å². The lowest BCUT2D eigenvalue weighted by Gasteiger charge is -2.14. The quantitative estimate of drug-likeness (QED) is 0.331. The van der Waals surface area contributed by atoms with Crippen LogP contribution in [0.4, 0.5) is 0 Å². The van der Waals surface area contributed by atoms with Gasteiger partial charge in [0.25, 0.3) is 0 Å². The van der Waals surface area contributed by atoms with Gasteiger partial charge in [-0.05, 0) is 6.42 Å². The van der Waals surface area contributed by atoms with Crippen molar-refractivity contribution in [1.82, 2.24) is 0 Å². The predicted octanol–water partition coefficient (Wildman–Crippen LogP) is -0.788. The average molecular weight is 203 g/mol. The number of rotatable bonds is 7. The van der Waals surface area contributed by atoms with Crippen LogP contribution in [-0.4, -0.2) is 31.7 Å². The van der Waals surface area contributed by atoms with Gasteiger partial charge in [-0.15, -0.1) is 0 Å². The van der Waals surface area contributed by atoms with E-state index in [9.17, 15) is 14.4 Å². The molecular formula is C8H13NO5. The molecule has 80 valence electrons. The summed E-state index contributed by atoms with van der Waals surface area (Å²) in [5.41, 5.74) is 5.40. The predicted molar refractivity (Wildman–Crippen MR) is 45.9 cm³/mol. The molecule has 0 aliphatic carbocycles. The van der Waals surface area contributed by atoms with Gasteiger partial charge in [0.2, 0.25) is 0 Å². The van der Waals surface area contributed by atoms with Gasteiger partial charge in [0, 0.05) is 12.3 Å². The van der Waals surface area contributed by atoms with E-state index in [0.29, 0.717) is 12.6 Å². The van der Waals surface area contributed by atoms with Gasteiger partial charge in [0.15, 0.2) is 0 Å². The Bertz CT molecular complexity index is 206. The summed E-state index contributed by atoms with van der Waals surface area (Å²) in [5, 5.41) is 0. The van der Waals surface area contributed by atoms with Crippen LogP contribution in [0.2, 0.25) is 0 Å². The fourth-order valence-corrected chi connectivity index (χ4v) is 0.905. The zero-order valence-corrected chi connectivity index (χ0v) is 7.84. The molecule has 0 bridgehead atoms. The highest BCUT2D eigenvalue weighted by Crippen LogP contribution is 2.07. The largest absolute Gasteiger partial charge is 0.359 e. The van der Waals surface area contributed by atoms with Crippen LogP contribution in [0.15, 0.2) is 0 Å². The van der Waals surface area contributed by atoms with E-state index in [-0.39, 0.29) is 12.8 Å². The number of hydrogen-bond donors (Lipinski definition) is 1. The molecule has 0 heterocycles. The molecule has 6 nitrogen and oxygen atoms in total. The van der Waals surface area contributed by atoms with Gasteiger partial charge < -0.3 is 15.3 Å². The van der Waals surface area contributed by atoms with Crippen molar-refractivity contribution in [2.45, 2.75) is 18.9 Å². The molecule has 0 aliphatic rings. The van der Waals surface area contributed by atoms with Crippen molar-refractivity contribution >= 4 is 18.5 Å². The van der Waals surface area contributed by atoms with E-state index in [2.05, 4.69) is 9.78 Å². The van der Waals surface area contributed by atoms with E-state index >= 15 is 0 Å². The van der Waals surface area contributed by atoms with Crippen LogP contribution in [0.3, 0.4) is 0 Å². The van der Waals surface area contributed by atoms with E-state index < -0.39 is 17.9 Å². The average Bonchev–Trinajstić information content (AvgIpc) is 2.19. The van der Waals surface area contributed by atoms with Crippen molar-refractivity contribution in [2.24, 2.45) is 11.7 Å². The van der Waals surface area contributed by atoms with Crippen molar-refractivity contribution in [1.29, 1.82) is 0 Å². The Kier molecular flexibility index (Phi) is 6.51. The second-order valence-corrected chi connectivity index (χ2v) is 2.64. The van der Waals surface area contributed by atoms with Crippen molar-refractivity contribution < 1.29 is 24.2 Å². The normalized spacial score (nSPS) is 14.1. The van der Waals surface area contributed by atoms with Crippen molar-refractivity contribution in [2.75, 3.05) is 7.11 Å². The summed E-state index contributed by atoms with van der Waals surface area (Å²) in [4.78, 5) is 39.8. The standard InChI is InChI=1S/C8H13NO5/c1-13-14-8(12)7(9)6(5-11)3-2-4-10/h4-7H,2-3,9H2,1H3. The highest BCUT2D eigenvalue weighted by molar-refractivity contribution is 5.79. The number of aldehydes is 2. The van der Waals surface area contributed by atoms with Crippen LogP contribution in [0.25, 0.3) is 0 Å². The first-order valence-corrected chi connectivity index (χ1v) is 4.06. The van der Waals surface area contributed by atoms with E-state index in [1.165, 1.54) is 0 Å². The molecule has 14 heavy (non-hydrogen) atoms. The summed E-state index contributed by atoms with van der Waals surface area (Å²) in [5.74, 6) is -1.54. The lowest BCUT2D eigenvalue weighted by Crippen LogP contribution is -2.40. The van der Waals surface area contributed by atoms with E-state index in [1.54, 1.807) is 0 Å². The highest BCUT2D eigenvalue weighted by Gasteiger charge is 2.25. The lowest BCUT2D eigenvalue weighted by atomic mass is 9.97. The summed E-state index contributed by atoms with van der Waals surface area (Å²) in [7, 11) is 1.16. The third-order valence-corrected chi connectivity index (χ3v) is 1.69. The first-order valence-electron chi connectivity index (χ1n) is 4.06. The zero-order valence-electron chi connectivity index (χ0n) is 7.84. The van der Waals surface area contributed by atoms with Gasteiger partial charge in [0.1, 0.15) is 18.6 Å². The summed E-state index contributed by atoms with van der Waals surface area (Å²) in [6.07, 6.45) is 1.60. The molecule has 6 heteroatoms. The molecular weight excluding hydrogens is 190 g/mol. The SMILES string of the molecule is COOC(=O)C(N)C(C=O)CCC=O. The number of nitrogens with two attached hydrogens (primary N) is 1. The minimum absolute atomic E-state index is 0.178. The monoisotopic (exact) mass is 203 g/mol. The van der Waals surface area contributed by atoms with Crippen LogP contribution in [0, 0.1) is 5.92 Å². The van der Waals surface area contributed by atoms with Crippen molar-refractivity contribution in [3.8, 4) is 0 Å². The molecule has 0 saturated carbocycles. The maximum Gasteiger partial charge on any atom is 0.359 e. The fraction of sp³-hybridized carbons (Fsp3) is 0.625. The molecule has 2 N–H and O–H groups in total. The Hall–Kier alpha value is -1.27. The molecule has 0 aromatic heterocycles. The van der Waals surface area contributed by atoms with Crippen LogP contribution < -0.4 is 5.73 Å². The second kappa shape index (κ2) is 7.16. The van der Waals surface area contributed by atoms with E-state index in [4.69, 9.17) is 5.73 Å². The Morgan fingerprint density at radius 1 is 1.50 bits per heavy atom. The van der Waals surface area contributed by atoms with Crippen LogP contribution >= 0.6 is 0 Å². The molecule has 0 aliphatic heterocycles. The molecule has 0 radical (unpaired) electrons. The first kappa shape index (κ1) is 12.7. The smallest absolute Gasteiger partial charge is 0.318 e. The summed E-state index contributed by atoms with van der Waals surface area (Å²) in [6, 6.07) is -1.09. The summed E-state index contributed by atoms with van der Waals surface area (Å²) < 4.78 is 0. The highest BCUT2D eigenvalue weighted by atomic mass is 17.2. The van der Waals surface area contributed by atoms with Crippen LogP contribution in [0.1, 0.15) is 12.8 Å². The Morgan fingerprint density at radius 3 is 2.57 bits per heavy atom. The number of hydrogen-bond acceptors (Lipinski definition) is 6. The summed E-state index contributed by atoms with van der Waals surface area (Å²) >= 11 is 0. The third-order valence-electron chi connectivity index (χ3n) is 1.69. The topological polar surface area (TPSA) is 95.7 Å². The van der Waals surface area contributed by atoms with Gasteiger partial charge in [-0.25, -0.2) is 4.79 Å². The Morgan fingerprint density at radius 2 is 2.14 bits per heavy atom. The first-order chi connectivity index (χ1) is 6.67. The molecule has 0 amide bonds. The van der Waals surface area contributed by atoms with Crippen LogP contribution in [0.5, 0.6) is 0 Å². The van der Waals surface area contributed by atoms with Gasteiger partial charge in [-0.3, -0.25) is 4.89 Å². The second-order valence-electron chi connectivity index (χ2n) is 2.64. The van der Waals surface area contributed by atoms with E-state index in [1.807, 2.05) is 0 Å². The maximum absolute atomic E-state index is 11.0. The van der Waals surface area contributed by atoms with Crippen molar-refractivity contribution in [3.63, 3.8) is 0 Å². The van der Waals surface area contributed by atoms with Crippen LogP contribution in [-0.2, 0) is 24.2 Å².